The summed E-state index contributed by atoms with van der Waals surface area (Å²) in [4.78, 5) is 4.22. The van der Waals surface area contributed by atoms with Gasteiger partial charge in [0.1, 0.15) is 5.75 Å². The molecule has 4 nitrogen and oxygen atoms in total. The SMILES string of the molecule is COc1cccc2c1ccn2Cc1ccnc(CN)c1. The molecule has 2 aromatic heterocycles. The maximum absolute atomic E-state index is 5.63. The van der Waals surface area contributed by atoms with Crippen LogP contribution < -0.4 is 10.5 Å². The van der Waals surface area contributed by atoms with E-state index in [1.165, 1.54) is 5.56 Å². The first-order chi connectivity index (χ1) is 9.81. The lowest BCUT2D eigenvalue weighted by Crippen LogP contribution is -2.03. The highest BCUT2D eigenvalue weighted by Crippen LogP contribution is 2.26. The van der Waals surface area contributed by atoms with Crippen molar-refractivity contribution in [3.63, 3.8) is 0 Å². The first kappa shape index (κ1) is 12.7. The number of benzene rings is 1. The molecule has 0 spiro atoms. The Kier molecular flexibility index (Phi) is 3.39. The first-order valence-corrected chi connectivity index (χ1v) is 6.57. The van der Waals surface area contributed by atoms with E-state index in [4.69, 9.17) is 10.5 Å². The molecule has 3 aromatic rings. The zero-order valence-electron chi connectivity index (χ0n) is 11.4. The van der Waals surface area contributed by atoms with Crippen LogP contribution in [0, 0.1) is 0 Å². The largest absolute Gasteiger partial charge is 0.496 e. The Morgan fingerprint density at radius 3 is 2.95 bits per heavy atom. The van der Waals surface area contributed by atoms with Crippen molar-refractivity contribution >= 4 is 10.9 Å². The molecule has 20 heavy (non-hydrogen) atoms. The second-order valence-electron chi connectivity index (χ2n) is 4.70. The fraction of sp³-hybridized carbons (Fsp3) is 0.188. The Bertz CT molecular complexity index is 733. The van der Waals surface area contributed by atoms with E-state index < -0.39 is 0 Å². The number of nitrogens with zero attached hydrogens (tertiary/aromatic N) is 2. The highest BCUT2D eigenvalue weighted by atomic mass is 16.5. The molecule has 0 atom stereocenters. The number of pyridine rings is 1. The Labute approximate surface area is 117 Å². The van der Waals surface area contributed by atoms with Crippen LogP contribution in [-0.4, -0.2) is 16.7 Å². The molecule has 1 aromatic carbocycles. The Balaban J connectivity index is 1.98. The smallest absolute Gasteiger partial charge is 0.128 e. The summed E-state index contributed by atoms with van der Waals surface area (Å²) in [5.74, 6) is 0.902. The molecular weight excluding hydrogens is 250 g/mol. The van der Waals surface area contributed by atoms with Crippen LogP contribution in [0.25, 0.3) is 10.9 Å². The van der Waals surface area contributed by atoms with Gasteiger partial charge in [0.2, 0.25) is 0 Å². The molecule has 0 saturated carbocycles. The van der Waals surface area contributed by atoms with Crippen molar-refractivity contribution in [2.45, 2.75) is 13.1 Å². The maximum Gasteiger partial charge on any atom is 0.128 e. The van der Waals surface area contributed by atoms with Crippen LogP contribution in [0.4, 0.5) is 0 Å². The summed E-state index contributed by atoms with van der Waals surface area (Å²) in [6.07, 6.45) is 3.89. The van der Waals surface area contributed by atoms with Crippen molar-refractivity contribution in [2.75, 3.05) is 7.11 Å². The van der Waals surface area contributed by atoms with Gasteiger partial charge in [0.25, 0.3) is 0 Å². The summed E-state index contributed by atoms with van der Waals surface area (Å²) >= 11 is 0. The van der Waals surface area contributed by atoms with Crippen molar-refractivity contribution in [1.82, 2.24) is 9.55 Å². The lowest BCUT2D eigenvalue weighted by Gasteiger charge is -2.08. The molecule has 0 amide bonds. The first-order valence-electron chi connectivity index (χ1n) is 6.57. The van der Waals surface area contributed by atoms with Crippen LogP contribution in [0.15, 0.2) is 48.8 Å². The van der Waals surface area contributed by atoms with Gasteiger partial charge < -0.3 is 15.0 Å². The summed E-state index contributed by atoms with van der Waals surface area (Å²) in [5.41, 5.74) is 8.91. The molecule has 2 N–H and O–H groups in total. The minimum atomic E-state index is 0.466. The maximum atomic E-state index is 5.63. The van der Waals surface area contributed by atoms with Gasteiger partial charge in [0.15, 0.2) is 0 Å². The van der Waals surface area contributed by atoms with Crippen LogP contribution in [0.1, 0.15) is 11.3 Å². The predicted octanol–water partition coefficient (Wildman–Crippen LogP) is 2.55. The zero-order chi connectivity index (χ0) is 13.9. The van der Waals surface area contributed by atoms with E-state index in [1.807, 2.05) is 30.5 Å². The number of nitrogens with two attached hydrogens (primary N) is 1. The Morgan fingerprint density at radius 2 is 2.15 bits per heavy atom. The summed E-state index contributed by atoms with van der Waals surface area (Å²) < 4.78 is 7.59. The van der Waals surface area contributed by atoms with Gasteiger partial charge in [-0.3, -0.25) is 4.98 Å². The Morgan fingerprint density at radius 1 is 1.25 bits per heavy atom. The molecule has 0 aliphatic rings. The molecule has 0 fully saturated rings. The molecule has 4 heteroatoms. The Hall–Kier alpha value is -2.33. The third-order valence-electron chi connectivity index (χ3n) is 3.44. The van der Waals surface area contributed by atoms with Gasteiger partial charge in [-0.2, -0.15) is 0 Å². The van der Waals surface area contributed by atoms with E-state index in [2.05, 4.69) is 27.9 Å². The van der Waals surface area contributed by atoms with E-state index in [-0.39, 0.29) is 0 Å². The van der Waals surface area contributed by atoms with Crippen LogP contribution in [0.5, 0.6) is 5.75 Å². The minimum Gasteiger partial charge on any atom is -0.496 e. The standard InChI is InChI=1S/C16H17N3O/c1-20-16-4-2-3-15-14(16)6-8-19(15)11-12-5-7-18-13(9-12)10-17/h2-9H,10-11,17H2,1H3. The highest BCUT2D eigenvalue weighted by Gasteiger charge is 2.06. The van der Waals surface area contributed by atoms with Gasteiger partial charge in [0.05, 0.1) is 18.3 Å². The van der Waals surface area contributed by atoms with Crippen molar-refractivity contribution in [3.05, 3.63) is 60.0 Å². The summed E-state index contributed by atoms with van der Waals surface area (Å²) in [6, 6.07) is 12.2. The van der Waals surface area contributed by atoms with Crippen molar-refractivity contribution in [2.24, 2.45) is 5.73 Å². The van der Waals surface area contributed by atoms with Crippen molar-refractivity contribution in [3.8, 4) is 5.75 Å². The molecule has 0 aliphatic carbocycles. The number of ether oxygens (including phenoxy) is 1. The van der Waals surface area contributed by atoms with Crippen LogP contribution in [-0.2, 0) is 13.1 Å². The fourth-order valence-electron chi connectivity index (χ4n) is 2.45. The second-order valence-corrected chi connectivity index (χ2v) is 4.70. The second kappa shape index (κ2) is 5.35. The number of hydrogen-bond acceptors (Lipinski definition) is 3. The van der Waals surface area contributed by atoms with Gasteiger partial charge >= 0.3 is 0 Å². The van der Waals surface area contributed by atoms with Gasteiger partial charge in [-0.05, 0) is 35.9 Å². The lowest BCUT2D eigenvalue weighted by molar-refractivity contribution is 0.420. The summed E-state index contributed by atoms with van der Waals surface area (Å²) in [5, 5.41) is 1.13. The third-order valence-corrected chi connectivity index (χ3v) is 3.44. The molecule has 0 bridgehead atoms. The van der Waals surface area contributed by atoms with E-state index in [0.29, 0.717) is 6.54 Å². The predicted molar refractivity (Wildman–Crippen MR) is 79.7 cm³/mol. The molecule has 0 aliphatic heterocycles. The monoisotopic (exact) mass is 267 g/mol. The fourth-order valence-corrected chi connectivity index (χ4v) is 2.45. The number of fused-ring (bicyclic) bond motifs is 1. The lowest BCUT2D eigenvalue weighted by atomic mass is 10.2. The van der Waals surface area contributed by atoms with Crippen LogP contribution in [0.3, 0.4) is 0 Å². The van der Waals surface area contributed by atoms with Crippen molar-refractivity contribution in [1.29, 1.82) is 0 Å². The van der Waals surface area contributed by atoms with Crippen LogP contribution >= 0.6 is 0 Å². The highest BCUT2D eigenvalue weighted by molar-refractivity contribution is 5.86. The molecule has 102 valence electrons. The number of rotatable bonds is 4. The van der Waals surface area contributed by atoms with Gasteiger partial charge in [-0.25, -0.2) is 0 Å². The molecule has 2 heterocycles. The molecule has 0 saturated heterocycles. The van der Waals surface area contributed by atoms with Gasteiger partial charge in [-0.15, -0.1) is 0 Å². The van der Waals surface area contributed by atoms with Gasteiger partial charge in [-0.1, -0.05) is 6.07 Å². The van der Waals surface area contributed by atoms with Gasteiger partial charge in [0, 0.05) is 30.9 Å². The number of aromatic nitrogens is 2. The quantitative estimate of drug-likeness (QED) is 0.790. The summed E-state index contributed by atoms with van der Waals surface area (Å²) in [6.45, 7) is 1.26. The van der Waals surface area contributed by atoms with Crippen LogP contribution in [0.2, 0.25) is 0 Å². The van der Waals surface area contributed by atoms with E-state index >= 15 is 0 Å². The van der Waals surface area contributed by atoms with Crippen molar-refractivity contribution < 1.29 is 4.74 Å². The minimum absolute atomic E-state index is 0.466. The molecule has 0 unspecified atom stereocenters. The third kappa shape index (κ3) is 2.26. The number of hydrogen-bond donors (Lipinski definition) is 1. The molecular formula is C16H17N3O. The number of methoxy groups -OCH3 is 1. The van der Waals surface area contributed by atoms with E-state index in [1.54, 1.807) is 7.11 Å². The average Bonchev–Trinajstić information content (AvgIpc) is 2.90. The van der Waals surface area contributed by atoms with E-state index in [9.17, 15) is 0 Å². The van der Waals surface area contributed by atoms with E-state index in [0.717, 1.165) is 28.9 Å². The molecule has 3 rings (SSSR count). The topological polar surface area (TPSA) is 53.1 Å². The molecule has 0 radical (unpaired) electrons. The normalized spacial score (nSPS) is 10.9. The summed E-state index contributed by atoms with van der Waals surface area (Å²) in [7, 11) is 1.70. The average molecular weight is 267 g/mol. The zero-order valence-corrected chi connectivity index (χ0v) is 11.4.